The second-order valence-corrected chi connectivity index (χ2v) is 7.13. The van der Waals surface area contributed by atoms with Crippen molar-refractivity contribution in [3.8, 4) is 0 Å². The standard InChI is InChI=1S/C16H33NO/c1-13(2)17-12-15-8-9-16(3,4)11-14(15)7-6-10-18-5/h13-15,17H,6-12H2,1-5H3. The van der Waals surface area contributed by atoms with Gasteiger partial charge in [0.25, 0.3) is 0 Å². The van der Waals surface area contributed by atoms with Crippen molar-refractivity contribution in [2.24, 2.45) is 17.3 Å². The summed E-state index contributed by atoms with van der Waals surface area (Å²) in [7, 11) is 1.81. The average molecular weight is 255 g/mol. The van der Waals surface area contributed by atoms with Gasteiger partial charge >= 0.3 is 0 Å². The molecule has 2 heteroatoms. The van der Waals surface area contributed by atoms with Crippen molar-refractivity contribution in [1.82, 2.24) is 5.32 Å². The average Bonchev–Trinajstić information content (AvgIpc) is 2.27. The van der Waals surface area contributed by atoms with E-state index in [1.54, 1.807) is 0 Å². The first-order valence-corrected chi connectivity index (χ1v) is 7.67. The van der Waals surface area contributed by atoms with E-state index in [1.165, 1.54) is 38.6 Å². The van der Waals surface area contributed by atoms with Crippen molar-refractivity contribution in [1.29, 1.82) is 0 Å². The fourth-order valence-electron chi connectivity index (χ4n) is 3.27. The number of hydrogen-bond donors (Lipinski definition) is 1. The Bertz CT molecular complexity index is 223. The van der Waals surface area contributed by atoms with Crippen LogP contribution in [0.2, 0.25) is 0 Å². The quantitative estimate of drug-likeness (QED) is 0.698. The fourth-order valence-corrected chi connectivity index (χ4v) is 3.27. The van der Waals surface area contributed by atoms with E-state index in [9.17, 15) is 0 Å². The lowest BCUT2D eigenvalue weighted by Gasteiger charge is -2.41. The van der Waals surface area contributed by atoms with Gasteiger partial charge in [-0.1, -0.05) is 27.7 Å². The van der Waals surface area contributed by atoms with Crippen molar-refractivity contribution >= 4 is 0 Å². The summed E-state index contributed by atoms with van der Waals surface area (Å²) in [5, 5.41) is 3.63. The van der Waals surface area contributed by atoms with Gasteiger partial charge in [-0.3, -0.25) is 0 Å². The van der Waals surface area contributed by atoms with Crippen LogP contribution in [-0.2, 0) is 4.74 Å². The highest BCUT2D eigenvalue weighted by molar-refractivity contribution is 4.86. The van der Waals surface area contributed by atoms with Gasteiger partial charge in [-0.2, -0.15) is 0 Å². The molecule has 1 saturated carbocycles. The van der Waals surface area contributed by atoms with E-state index < -0.39 is 0 Å². The van der Waals surface area contributed by atoms with Gasteiger partial charge in [0.1, 0.15) is 0 Å². The predicted octanol–water partition coefficient (Wildman–Crippen LogP) is 3.85. The minimum atomic E-state index is 0.548. The summed E-state index contributed by atoms with van der Waals surface area (Å²) in [4.78, 5) is 0. The molecule has 0 aromatic carbocycles. The molecule has 0 aromatic rings. The highest BCUT2D eigenvalue weighted by Gasteiger charge is 2.34. The van der Waals surface area contributed by atoms with Crippen LogP contribution in [0.5, 0.6) is 0 Å². The molecule has 2 atom stereocenters. The maximum absolute atomic E-state index is 5.20. The van der Waals surface area contributed by atoms with Gasteiger partial charge in [0, 0.05) is 19.8 Å². The predicted molar refractivity (Wildman–Crippen MR) is 78.9 cm³/mol. The largest absolute Gasteiger partial charge is 0.385 e. The summed E-state index contributed by atoms with van der Waals surface area (Å²) in [6, 6.07) is 0.611. The van der Waals surface area contributed by atoms with E-state index in [4.69, 9.17) is 4.74 Å². The van der Waals surface area contributed by atoms with Gasteiger partial charge < -0.3 is 10.1 Å². The molecule has 0 amide bonds. The van der Waals surface area contributed by atoms with Gasteiger partial charge in [-0.05, 0) is 55.9 Å². The first-order chi connectivity index (χ1) is 8.44. The van der Waals surface area contributed by atoms with Gasteiger partial charge in [-0.15, -0.1) is 0 Å². The molecule has 1 aliphatic rings. The third kappa shape index (κ3) is 5.71. The maximum Gasteiger partial charge on any atom is 0.0462 e. The number of methoxy groups -OCH3 is 1. The lowest BCUT2D eigenvalue weighted by atomic mass is 9.66. The van der Waals surface area contributed by atoms with Crippen LogP contribution in [0.3, 0.4) is 0 Å². The van der Waals surface area contributed by atoms with Crippen LogP contribution in [0, 0.1) is 17.3 Å². The van der Waals surface area contributed by atoms with Gasteiger partial charge in [0.2, 0.25) is 0 Å². The van der Waals surface area contributed by atoms with E-state index in [0.29, 0.717) is 11.5 Å². The van der Waals surface area contributed by atoms with Crippen LogP contribution in [0.15, 0.2) is 0 Å². The summed E-state index contributed by atoms with van der Waals surface area (Å²) >= 11 is 0. The minimum Gasteiger partial charge on any atom is -0.385 e. The Morgan fingerprint density at radius 2 is 2.00 bits per heavy atom. The normalized spacial score (nSPS) is 27.7. The van der Waals surface area contributed by atoms with Crippen LogP contribution in [0.1, 0.15) is 59.8 Å². The summed E-state index contributed by atoms with van der Waals surface area (Å²) < 4.78 is 5.20. The second kappa shape index (κ2) is 7.49. The number of nitrogens with one attached hydrogen (secondary N) is 1. The molecule has 108 valence electrons. The summed E-state index contributed by atoms with van der Waals surface area (Å²) in [5.74, 6) is 1.76. The Kier molecular flexibility index (Phi) is 6.65. The molecule has 0 heterocycles. The molecule has 1 aliphatic carbocycles. The second-order valence-electron chi connectivity index (χ2n) is 7.13. The first-order valence-electron chi connectivity index (χ1n) is 7.67. The van der Waals surface area contributed by atoms with Crippen LogP contribution in [-0.4, -0.2) is 26.3 Å². The van der Waals surface area contributed by atoms with Crippen LogP contribution in [0.25, 0.3) is 0 Å². The third-order valence-electron chi connectivity index (χ3n) is 4.39. The molecular weight excluding hydrogens is 222 g/mol. The Balaban J connectivity index is 2.45. The van der Waals surface area contributed by atoms with Crippen molar-refractivity contribution in [3.05, 3.63) is 0 Å². The Labute approximate surface area is 114 Å². The molecule has 0 radical (unpaired) electrons. The molecule has 0 aromatic heterocycles. The van der Waals surface area contributed by atoms with Gasteiger partial charge in [0.15, 0.2) is 0 Å². The molecule has 0 spiro atoms. The highest BCUT2D eigenvalue weighted by atomic mass is 16.5. The summed E-state index contributed by atoms with van der Waals surface area (Å²) in [5.41, 5.74) is 0.548. The van der Waals surface area contributed by atoms with E-state index in [2.05, 4.69) is 33.0 Å². The Hall–Kier alpha value is -0.0800. The molecular formula is C16H33NO. The molecule has 0 aliphatic heterocycles. The van der Waals surface area contributed by atoms with Crippen molar-refractivity contribution < 1.29 is 4.74 Å². The zero-order valence-electron chi connectivity index (χ0n) is 13.1. The fraction of sp³-hybridized carbons (Fsp3) is 1.00. The van der Waals surface area contributed by atoms with E-state index >= 15 is 0 Å². The van der Waals surface area contributed by atoms with Gasteiger partial charge in [0.05, 0.1) is 0 Å². The van der Waals surface area contributed by atoms with Crippen molar-refractivity contribution in [2.75, 3.05) is 20.3 Å². The first kappa shape index (κ1) is 16.0. The van der Waals surface area contributed by atoms with Crippen molar-refractivity contribution in [2.45, 2.75) is 65.8 Å². The zero-order valence-corrected chi connectivity index (χ0v) is 13.1. The lowest BCUT2D eigenvalue weighted by Crippen LogP contribution is -2.38. The number of rotatable bonds is 7. The van der Waals surface area contributed by atoms with Gasteiger partial charge in [-0.25, -0.2) is 0 Å². The Morgan fingerprint density at radius 3 is 2.61 bits per heavy atom. The topological polar surface area (TPSA) is 21.3 Å². The third-order valence-corrected chi connectivity index (χ3v) is 4.39. The highest BCUT2D eigenvalue weighted by Crippen LogP contribution is 2.43. The molecule has 1 rings (SSSR count). The van der Waals surface area contributed by atoms with Crippen molar-refractivity contribution in [3.63, 3.8) is 0 Å². The van der Waals surface area contributed by atoms with E-state index in [-0.39, 0.29) is 0 Å². The molecule has 0 bridgehead atoms. The van der Waals surface area contributed by atoms with Crippen LogP contribution >= 0.6 is 0 Å². The smallest absolute Gasteiger partial charge is 0.0462 e. The number of ether oxygens (including phenoxy) is 1. The molecule has 1 fully saturated rings. The molecule has 2 nitrogen and oxygen atoms in total. The lowest BCUT2D eigenvalue weighted by molar-refractivity contribution is 0.0972. The molecule has 1 N–H and O–H groups in total. The maximum atomic E-state index is 5.20. The monoisotopic (exact) mass is 255 g/mol. The Morgan fingerprint density at radius 1 is 1.28 bits per heavy atom. The molecule has 0 saturated heterocycles. The molecule has 18 heavy (non-hydrogen) atoms. The zero-order chi connectivity index (χ0) is 13.6. The van der Waals surface area contributed by atoms with Crippen LogP contribution < -0.4 is 5.32 Å². The summed E-state index contributed by atoms with van der Waals surface area (Å²) in [6.45, 7) is 11.5. The van der Waals surface area contributed by atoms with Crippen LogP contribution in [0.4, 0.5) is 0 Å². The van der Waals surface area contributed by atoms with E-state index in [0.717, 1.165) is 18.4 Å². The van der Waals surface area contributed by atoms with E-state index in [1.807, 2.05) is 7.11 Å². The molecule has 2 unspecified atom stereocenters. The SMILES string of the molecule is COCCCC1CC(C)(C)CCC1CNC(C)C. The minimum absolute atomic E-state index is 0.548. The summed E-state index contributed by atoms with van der Waals surface area (Å²) in [6.07, 6.45) is 6.72. The number of hydrogen-bond acceptors (Lipinski definition) is 2.